The van der Waals surface area contributed by atoms with Gasteiger partial charge in [-0.1, -0.05) is 37.3 Å². The van der Waals surface area contributed by atoms with Gasteiger partial charge in [0.1, 0.15) is 0 Å². The van der Waals surface area contributed by atoms with E-state index in [-0.39, 0.29) is 6.10 Å². The topological polar surface area (TPSA) is 23.5 Å². The van der Waals surface area contributed by atoms with Gasteiger partial charge in [-0.3, -0.25) is 0 Å². The summed E-state index contributed by atoms with van der Waals surface area (Å²) in [4.78, 5) is 2.37. The molecule has 0 saturated carbocycles. The molecule has 0 aliphatic carbocycles. The molecule has 2 rings (SSSR count). The SMILES string of the molecule is CC1CCN(CC(O)Cc2ccccc2)C1. The molecule has 88 valence electrons. The van der Waals surface area contributed by atoms with Crippen LogP contribution in [0.2, 0.25) is 0 Å². The number of aliphatic hydroxyl groups is 1. The standard InChI is InChI=1S/C14H21NO/c1-12-7-8-15(10-12)11-14(16)9-13-5-3-2-4-6-13/h2-6,12,14,16H,7-11H2,1H3. The minimum atomic E-state index is -0.229. The Morgan fingerprint density at radius 2 is 2.12 bits per heavy atom. The molecule has 1 aliphatic heterocycles. The second kappa shape index (κ2) is 5.46. The minimum absolute atomic E-state index is 0.229. The van der Waals surface area contributed by atoms with Crippen LogP contribution in [0.1, 0.15) is 18.9 Å². The summed E-state index contributed by atoms with van der Waals surface area (Å²) < 4.78 is 0. The normalized spacial score (nSPS) is 23.5. The monoisotopic (exact) mass is 219 g/mol. The molecule has 1 N–H and O–H groups in total. The second-order valence-electron chi connectivity index (χ2n) is 5.00. The summed E-state index contributed by atoms with van der Waals surface area (Å²) in [7, 11) is 0. The fraction of sp³-hybridized carbons (Fsp3) is 0.571. The first-order valence-electron chi connectivity index (χ1n) is 6.18. The van der Waals surface area contributed by atoms with Crippen LogP contribution < -0.4 is 0 Å². The molecular weight excluding hydrogens is 198 g/mol. The number of benzene rings is 1. The van der Waals surface area contributed by atoms with Gasteiger partial charge in [0.05, 0.1) is 6.10 Å². The summed E-state index contributed by atoms with van der Waals surface area (Å²) in [5.41, 5.74) is 1.22. The molecule has 0 bridgehead atoms. The maximum Gasteiger partial charge on any atom is 0.0707 e. The highest BCUT2D eigenvalue weighted by molar-refractivity contribution is 5.15. The molecule has 1 aromatic carbocycles. The molecule has 2 nitrogen and oxygen atoms in total. The zero-order valence-electron chi connectivity index (χ0n) is 9.97. The van der Waals surface area contributed by atoms with Gasteiger partial charge >= 0.3 is 0 Å². The van der Waals surface area contributed by atoms with Crippen LogP contribution in [0.25, 0.3) is 0 Å². The van der Waals surface area contributed by atoms with Crippen molar-refractivity contribution in [3.05, 3.63) is 35.9 Å². The van der Waals surface area contributed by atoms with Gasteiger partial charge in [-0.2, -0.15) is 0 Å². The van der Waals surface area contributed by atoms with Crippen LogP contribution in [0.3, 0.4) is 0 Å². The van der Waals surface area contributed by atoms with E-state index in [1.807, 2.05) is 18.2 Å². The van der Waals surface area contributed by atoms with E-state index in [1.165, 1.54) is 12.0 Å². The Morgan fingerprint density at radius 3 is 2.75 bits per heavy atom. The predicted molar refractivity (Wildman–Crippen MR) is 66.4 cm³/mol. The number of aliphatic hydroxyl groups excluding tert-OH is 1. The van der Waals surface area contributed by atoms with E-state index >= 15 is 0 Å². The fourth-order valence-electron chi connectivity index (χ4n) is 2.44. The van der Waals surface area contributed by atoms with Crippen LogP contribution in [0, 0.1) is 5.92 Å². The first-order valence-corrected chi connectivity index (χ1v) is 6.18. The maximum absolute atomic E-state index is 10.0. The highest BCUT2D eigenvalue weighted by Gasteiger charge is 2.20. The highest BCUT2D eigenvalue weighted by Crippen LogP contribution is 2.15. The van der Waals surface area contributed by atoms with Crippen LogP contribution in [0.4, 0.5) is 0 Å². The lowest BCUT2D eigenvalue weighted by Gasteiger charge is -2.19. The molecule has 1 aliphatic rings. The molecule has 16 heavy (non-hydrogen) atoms. The summed E-state index contributed by atoms with van der Waals surface area (Å²) in [6.45, 7) is 5.39. The van der Waals surface area contributed by atoms with Crippen molar-refractivity contribution in [1.29, 1.82) is 0 Å². The van der Waals surface area contributed by atoms with Crippen molar-refractivity contribution < 1.29 is 5.11 Å². The van der Waals surface area contributed by atoms with E-state index in [0.29, 0.717) is 0 Å². The lowest BCUT2D eigenvalue weighted by Crippen LogP contribution is -2.31. The van der Waals surface area contributed by atoms with Crippen molar-refractivity contribution in [2.75, 3.05) is 19.6 Å². The van der Waals surface area contributed by atoms with E-state index in [1.54, 1.807) is 0 Å². The van der Waals surface area contributed by atoms with Gasteiger partial charge in [-0.25, -0.2) is 0 Å². The van der Waals surface area contributed by atoms with E-state index in [4.69, 9.17) is 0 Å². The zero-order valence-corrected chi connectivity index (χ0v) is 9.97. The van der Waals surface area contributed by atoms with E-state index in [9.17, 15) is 5.11 Å². The molecule has 0 aromatic heterocycles. The Kier molecular flexibility index (Phi) is 3.97. The largest absolute Gasteiger partial charge is 0.391 e. The Morgan fingerprint density at radius 1 is 1.38 bits per heavy atom. The molecule has 0 amide bonds. The number of β-amino-alcohol motifs (C(OH)–C–C–N with tert-alkyl or cyclic N) is 1. The first-order chi connectivity index (χ1) is 7.74. The number of hydrogen-bond acceptors (Lipinski definition) is 2. The fourth-order valence-corrected chi connectivity index (χ4v) is 2.44. The predicted octanol–water partition coefficient (Wildman–Crippen LogP) is 1.93. The van der Waals surface area contributed by atoms with Crippen molar-refractivity contribution in [1.82, 2.24) is 4.90 Å². The van der Waals surface area contributed by atoms with E-state index in [0.717, 1.165) is 32.0 Å². The van der Waals surface area contributed by atoms with Gasteiger partial charge in [0.25, 0.3) is 0 Å². The lowest BCUT2D eigenvalue weighted by molar-refractivity contribution is 0.123. The van der Waals surface area contributed by atoms with Gasteiger partial charge < -0.3 is 10.0 Å². The Hall–Kier alpha value is -0.860. The molecule has 2 unspecified atom stereocenters. The molecule has 1 aromatic rings. The van der Waals surface area contributed by atoms with Crippen LogP contribution in [-0.4, -0.2) is 35.7 Å². The maximum atomic E-state index is 10.0. The van der Waals surface area contributed by atoms with Crippen molar-refractivity contribution in [2.45, 2.75) is 25.9 Å². The van der Waals surface area contributed by atoms with E-state index < -0.39 is 0 Å². The molecule has 2 atom stereocenters. The molecule has 2 heteroatoms. The van der Waals surface area contributed by atoms with Crippen molar-refractivity contribution in [3.8, 4) is 0 Å². The Bertz CT molecular complexity index is 312. The Labute approximate surface area is 97.9 Å². The average molecular weight is 219 g/mol. The van der Waals surface area contributed by atoms with Crippen LogP contribution in [-0.2, 0) is 6.42 Å². The second-order valence-corrected chi connectivity index (χ2v) is 5.00. The van der Waals surface area contributed by atoms with Gasteiger partial charge in [0.15, 0.2) is 0 Å². The summed E-state index contributed by atoms with van der Waals surface area (Å²) in [5, 5.41) is 10.0. The molecule has 0 radical (unpaired) electrons. The summed E-state index contributed by atoms with van der Waals surface area (Å²) in [6, 6.07) is 10.2. The summed E-state index contributed by atoms with van der Waals surface area (Å²) in [5.74, 6) is 0.795. The average Bonchev–Trinajstić information content (AvgIpc) is 2.65. The van der Waals surface area contributed by atoms with E-state index in [2.05, 4.69) is 24.0 Å². The third kappa shape index (κ3) is 3.32. The van der Waals surface area contributed by atoms with Gasteiger partial charge in [0.2, 0.25) is 0 Å². The smallest absolute Gasteiger partial charge is 0.0707 e. The molecule has 0 spiro atoms. The molecule has 1 heterocycles. The minimum Gasteiger partial charge on any atom is -0.391 e. The molecule has 1 saturated heterocycles. The first kappa shape index (κ1) is 11.6. The van der Waals surface area contributed by atoms with Crippen molar-refractivity contribution >= 4 is 0 Å². The lowest BCUT2D eigenvalue weighted by atomic mass is 10.1. The van der Waals surface area contributed by atoms with Crippen LogP contribution in [0.15, 0.2) is 30.3 Å². The van der Waals surface area contributed by atoms with Crippen LogP contribution >= 0.6 is 0 Å². The molecular formula is C14H21NO. The van der Waals surface area contributed by atoms with Gasteiger partial charge in [-0.05, 0) is 30.9 Å². The third-order valence-electron chi connectivity index (χ3n) is 3.29. The van der Waals surface area contributed by atoms with Crippen molar-refractivity contribution in [2.24, 2.45) is 5.92 Å². The van der Waals surface area contributed by atoms with Crippen LogP contribution in [0.5, 0.6) is 0 Å². The Balaban J connectivity index is 1.78. The number of rotatable bonds is 4. The zero-order chi connectivity index (χ0) is 11.4. The number of nitrogens with zero attached hydrogens (tertiary/aromatic N) is 1. The summed E-state index contributed by atoms with van der Waals surface area (Å²) >= 11 is 0. The van der Waals surface area contributed by atoms with Gasteiger partial charge in [-0.15, -0.1) is 0 Å². The van der Waals surface area contributed by atoms with Crippen molar-refractivity contribution in [3.63, 3.8) is 0 Å². The quantitative estimate of drug-likeness (QED) is 0.836. The number of likely N-dealkylation sites (tertiary alicyclic amines) is 1. The molecule has 1 fully saturated rings. The van der Waals surface area contributed by atoms with Gasteiger partial charge in [0, 0.05) is 13.1 Å². The highest BCUT2D eigenvalue weighted by atomic mass is 16.3. The number of hydrogen-bond donors (Lipinski definition) is 1. The summed E-state index contributed by atoms with van der Waals surface area (Å²) in [6.07, 6.45) is 1.82. The third-order valence-corrected chi connectivity index (χ3v) is 3.29.